The SMILES string of the molecule is CC(=O)OCC1=C(C(=O)O)N2C(=O)[C@H](NC(=O)[C@H](C)Cn3cc(Cl)cn3)[C@@H]2SC1. The highest BCUT2D eigenvalue weighted by atomic mass is 35.5. The van der Waals surface area contributed by atoms with Gasteiger partial charge in [0.2, 0.25) is 5.91 Å². The fourth-order valence-electron chi connectivity index (χ4n) is 3.08. The normalized spacial score (nSPS) is 21.9. The summed E-state index contributed by atoms with van der Waals surface area (Å²) in [7, 11) is 0. The van der Waals surface area contributed by atoms with Crippen LogP contribution < -0.4 is 5.32 Å². The van der Waals surface area contributed by atoms with Crippen LogP contribution in [0, 0.1) is 5.92 Å². The number of halogens is 1. The van der Waals surface area contributed by atoms with Gasteiger partial charge in [-0.25, -0.2) is 4.79 Å². The number of carbonyl (C=O) groups excluding carboxylic acids is 3. The van der Waals surface area contributed by atoms with Crippen LogP contribution in [-0.4, -0.2) is 67.3 Å². The molecule has 1 saturated heterocycles. The van der Waals surface area contributed by atoms with Gasteiger partial charge in [-0.1, -0.05) is 18.5 Å². The quantitative estimate of drug-likeness (QED) is 0.460. The molecular formula is C17H19ClN4O6S. The molecule has 156 valence electrons. The van der Waals surface area contributed by atoms with E-state index in [9.17, 15) is 24.3 Å². The molecule has 2 aliphatic rings. The van der Waals surface area contributed by atoms with Gasteiger partial charge in [-0.2, -0.15) is 5.10 Å². The molecule has 0 spiro atoms. The van der Waals surface area contributed by atoms with Gasteiger partial charge in [-0.3, -0.25) is 24.0 Å². The van der Waals surface area contributed by atoms with E-state index >= 15 is 0 Å². The molecule has 12 heteroatoms. The Labute approximate surface area is 175 Å². The molecule has 29 heavy (non-hydrogen) atoms. The first-order chi connectivity index (χ1) is 13.7. The topological polar surface area (TPSA) is 131 Å². The molecule has 2 N–H and O–H groups in total. The molecule has 1 fully saturated rings. The summed E-state index contributed by atoms with van der Waals surface area (Å²) in [6.07, 6.45) is 3.05. The van der Waals surface area contributed by atoms with Crippen LogP contribution in [0.4, 0.5) is 0 Å². The summed E-state index contributed by atoms with van der Waals surface area (Å²) in [5.41, 5.74) is 0.153. The van der Waals surface area contributed by atoms with Gasteiger partial charge >= 0.3 is 11.9 Å². The number of nitrogens with one attached hydrogen (secondary N) is 1. The van der Waals surface area contributed by atoms with Crippen molar-refractivity contribution in [2.75, 3.05) is 12.4 Å². The highest BCUT2D eigenvalue weighted by Gasteiger charge is 2.54. The van der Waals surface area contributed by atoms with Crippen LogP contribution in [0.5, 0.6) is 0 Å². The second-order valence-corrected chi connectivity index (χ2v) is 8.26. The zero-order valence-electron chi connectivity index (χ0n) is 15.6. The van der Waals surface area contributed by atoms with E-state index in [0.717, 1.165) is 4.90 Å². The third kappa shape index (κ3) is 4.40. The Bertz CT molecular complexity index is 900. The average molecular weight is 443 g/mol. The van der Waals surface area contributed by atoms with Gasteiger partial charge < -0.3 is 15.2 Å². The number of esters is 1. The maximum Gasteiger partial charge on any atom is 0.352 e. The summed E-state index contributed by atoms with van der Waals surface area (Å²) >= 11 is 7.12. The van der Waals surface area contributed by atoms with E-state index < -0.39 is 35.2 Å². The molecule has 10 nitrogen and oxygen atoms in total. The summed E-state index contributed by atoms with van der Waals surface area (Å²) in [4.78, 5) is 48.9. The zero-order chi connectivity index (χ0) is 21.3. The van der Waals surface area contributed by atoms with Gasteiger partial charge in [0.25, 0.3) is 5.91 Å². The lowest BCUT2D eigenvalue weighted by molar-refractivity contribution is -0.151. The fourth-order valence-corrected chi connectivity index (χ4v) is 4.56. The summed E-state index contributed by atoms with van der Waals surface area (Å²) in [5.74, 6) is -2.88. The standard InChI is InChI=1S/C17H19ClN4O6S/c1-8(4-21-5-11(18)3-19-21)14(24)20-12-15(25)22-13(17(26)27)10(6-28-9(2)23)7-29-16(12)22/h3,5,8,12,16H,4,6-7H2,1-2H3,(H,20,24)(H,26,27)/t8-,12+,16+/m1/s1. The van der Waals surface area contributed by atoms with Crippen LogP contribution in [0.1, 0.15) is 13.8 Å². The van der Waals surface area contributed by atoms with Crippen LogP contribution in [0.25, 0.3) is 0 Å². The first-order valence-corrected chi connectivity index (χ1v) is 10.1. The molecule has 0 bridgehead atoms. The molecule has 0 aliphatic carbocycles. The third-order valence-electron chi connectivity index (χ3n) is 4.51. The van der Waals surface area contributed by atoms with Crippen molar-refractivity contribution in [2.45, 2.75) is 31.8 Å². The largest absolute Gasteiger partial charge is 0.477 e. The molecule has 2 amide bonds. The molecule has 1 aromatic heterocycles. The van der Waals surface area contributed by atoms with E-state index in [0.29, 0.717) is 10.6 Å². The molecule has 1 aromatic rings. The van der Waals surface area contributed by atoms with Gasteiger partial charge in [-0.05, 0) is 0 Å². The lowest BCUT2D eigenvalue weighted by Gasteiger charge is -2.49. The van der Waals surface area contributed by atoms with Crippen molar-refractivity contribution in [1.29, 1.82) is 0 Å². The Morgan fingerprint density at radius 1 is 1.48 bits per heavy atom. The van der Waals surface area contributed by atoms with Gasteiger partial charge in [-0.15, -0.1) is 11.8 Å². The number of rotatable bonds is 7. The van der Waals surface area contributed by atoms with Crippen LogP contribution in [0.2, 0.25) is 5.02 Å². The van der Waals surface area contributed by atoms with Crippen LogP contribution in [0.3, 0.4) is 0 Å². The number of aliphatic carboxylic acids is 1. The predicted octanol–water partition coefficient (Wildman–Crippen LogP) is 0.474. The first-order valence-electron chi connectivity index (χ1n) is 8.70. The van der Waals surface area contributed by atoms with Crippen molar-refractivity contribution in [3.63, 3.8) is 0 Å². The fraction of sp³-hybridized carbons (Fsp3) is 0.471. The van der Waals surface area contributed by atoms with E-state index in [4.69, 9.17) is 16.3 Å². The maximum absolute atomic E-state index is 12.6. The number of nitrogens with zero attached hydrogens (tertiary/aromatic N) is 3. The van der Waals surface area contributed by atoms with Gasteiger partial charge in [0.05, 0.1) is 23.7 Å². The van der Waals surface area contributed by atoms with E-state index in [2.05, 4.69) is 10.4 Å². The third-order valence-corrected chi connectivity index (χ3v) is 6.04. The number of hydrogen-bond acceptors (Lipinski definition) is 7. The first kappa shape index (κ1) is 21.2. The summed E-state index contributed by atoms with van der Waals surface area (Å²) in [6.45, 7) is 3.01. The lowest BCUT2D eigenvalue weighted by Crippen LogP contribution is -2.71. The zero-order valence-corrected chi connectivity index (χ0v) is 17.2. The van der Waals surface area contributed by atoms with Crippen LogP contribution >= 0.6 is 23.4 Å². The van der Waals surface area contributed by atoms with Gasteiger partial charge in [0.15, 0.2) is 0 Å². The van der Waals surface area contributed by atoms with Crippen molar-refractivity contribution in [1.82, 2.24) is 20.0 Å². The second-order valence-electron chi connectivity index (χ2n) is 6.72. The number of carboxylic acids is 1. The Hall–Kier alpha value is -2.53. The van der Waals surface area contributed by atoms with Crippen LogP contribution in [0.15, 0.2) is 23.7 Å². The molecule has 2 aliphatic heterocycles. The molecular weight excluding hydrogens is 424 g/mol. The summed E-state index contributed by atoms with van der Waals surface area (Å²) in [6, 6.07) is -0.819. The second kappa shape index (κ2) is 8.46. The Balaban J connectivity index is 1.66. The number of carbonyl (C=O) groups is 4. The Kier molecular flexibility index (Phi) is 6.18. The molecule has 0 saturated carbocycles. The van der Waals surface area contributed by atoms with E-state index in [1.54, 1.807) is 13.1 Å². The maximum atomic E-state index is 12.6. The minimum absolute atomic E-state index is 0.190. The van der Waals surface area contributed by atoms with Gasteiger partial charge in [0, 0.05) is 24.4 Å². The number of ether oxygens (including phenoxy) is 1. The van der Waals surface area contributed by atoms with Crippen molar-refractivity contribution in [3.05, 3.63) is 28.7 Å². The number of aromatic nitrogens is 2. The average Bonchev–Trinajstić information content (AvgIpc) is 3.07. The predicted molar refractivity (Wildman–Crippen MR) is 103 cm³/mol. The van der Waals surface area contributed by atoms with E-state index in [-0.39, 0.29) is 30.5 Å². The minimum Gasteiger partial charge on any atom is -0.477 e. The van der Waals surface area contributed by atoms with Crippen molar-refractivity contribution >= 4 is 47.1 Å². The lowest BCUT2D eigenvalue weighted by atomic mass is 10.0. The number of hydrogen-bond donors (Lipinski definition) is 2. The van der Waals surface area contributed by atoms with E-state index in [1.807, 2.05) is 0 Å². The number of fused-ring (bicyclic) bond motifs is 1. The highest BCUT2D eigenvalue weighted by molar-refractivity contribution is 8.00. The number of thioether (sulfide) groups is 1. The summed E-state index contributed by atoms with van der Waals surface area (Å²) < 4.78 is 6.42. The highest BCUT2D eigenvalue weighted by Crippen LogP contribution is 2.40. The number of β-lactam (4-membered cyclic amide) rings is 1. The Morgan fingerprint density at radius 3 is 2.79 bits per heavy atom. The molecule has 0 unspecified atom stereocenters. The van der Waals surface area contributed by atoms with Crippen molar-refractivity contribution in [2.24, 2.45) is 5.92 Å². The smallest absolute Gasteiger partial charge is 0.352 e. The van der Waals surface area contributed by atoms with Crippen molar-refractivity contribution < 1.29 is 29.0 Å². The molecule has 3 atom stereocenters. The molecule has 3 rings (SSSR count). The minimum atomic E-state index is -1.28. The van der Waals surface area contributed by atoms with E-state index in [1.165, 1.54) is 29.6 Å². The molecule has 0 aromatic carbocycles. The Morgan fingerprint density at radius 2 is 2.21 bits per heavy atom. The van der Waals surface area contributed by atoms with Crippen molar-refractivity contribution in [3.8, 4) is 0 Å². The van der Waals surface area contributed by atoms with Gasteiger partial charge in [0.1, 0.15) is 23.7 Å². The summed E-state index contributed by atoms with van der Waals surface area (Å²) in [5, 5.41) is 16.2. The molecule has 0 radical (unpaired) electrons. The molecule has 3 heterocycles. The van der Waals surface area contributed by atoms with Crippen LogP contribution in [-0.2, 0) is 30.5 Å². The monoisotopic (exact) mass is 442 g/mol. The number of carboxylic acid groups (broad SMARTS) is 1. The number of amides is 2.